The third-order valence-corrected chi connectivity index (χ3v) is 3.67. The third kappa shape index (κ3) is 0.773. The summed E-state index contributed by atoms with van der Waals surface area (Å²) in [5.74, 6) is 0.521. The lowest BCUT2D eigenvalue weighted by Crippen LogP contribution is -2.29. The average Bonchev–Trinajstić information content (AvgIpc) is 2.61. The average molecular weight is 180 g/mol. The fraction of sp³-hybridized carbons (Fsp3) is 0.700. The Balaban J connectivity index is 1.93. The molecule has 70 valence electrons. The summed E-state index contributed by atoms with van der Waals surface area (Å²) in [5, 5.41) is 0. The van der Waals surface area contributed by atoms with Crippen LogP contribution in [-0.2, 0) is 14.3 Å². The van der Waals surface area contributed by atoms with Crippen molar-refractivity contribution < 1.29 is 14.3 Å². The largest absolute Gasteiger partial charge is 0.495 e. The van der Waals surface area contributed by atoms with E-state index in [1.165, 1.54) is 6.26 Å². The molecule has 0 aromatic carbocycles. The van der Waals surface area contributed by atoms with Crippen LogP contribution in [-0.4, -0.2) is 17.7 Å². The molecule has 0 N–H and O–H groups in total. The molecule has 3 nitrogen and oxygen atoms in total. The van der Waals surface area contributed by atoms with E-state index in [0.29, 0.717) is 5.92 Å². The smallest absolute Gasteiger partial charge is 0.309 e. The molecule has 2 saturated carbocycles. The van der Waals surface area contributed by atoms with Crippen LogP contribution in [0.2, 0.25) is 0 Å². The maximum Gasteiger partial charge on any atom is 0.309 e. The molecule has 0 aromatic rings. The molecule has 2 aliphatic carbocycles. The molecule has 1 heterocycles. The molecule has 3 fully saturated rings. The lowest BCUT2D eigenvalue weighted by molar-refractivity contribution is -0.143. The summed E-state index contributed by atoms with van der Waals surface area (Å²) in [6, 6.07) is 0. The van der Waals surface area contributed by atoms with Crippen LogP contribution >= 0.6 is 0 Å². The first-order valence-corrected chi connectivity index (χ1v) is 4.73. The van der Waals surface area contributed by atoms with Crippen LogP contribution in [0, 0.1) is 11.8 Å². The van der Waals surface area contributed by atoms with Gasteiger partial charge in [0.2, 0.25) is 0 Å². The summed E-state index contributed by atoms with van der Waals surface area (Å²) in [5.41, 5.74) is -0.117. The third-order valence-electron chi connectivity index (χ3n) is 3.67. The molecular weight excluding hydrogens is 168 g/mol. The monoisotopic (exact) mass is 180 g/mol. The van der Waals surface area contributed by atoms with Gasteiger partial charge in [-0.05, 0) is 6.42 Å². The van der Waals surface area contributed by atoms with Crippen molar-refractivity contribution in [3.05, 3.63) is 12.8 Å². The molecule has 1 aliphatic heterocycles. The fourth-order valence-electron chi connectivity index (χ4n) is 3.23. The van der Waals surface area contributed by atoms with E-state index in [-0.39, 0.29) is 23.6 Å². The number of fused-ring (bicyclic) bond motifs is 1. The first kappa shape index (κ1) is 7.42. The zero-order valence-corrected chi connectivity index (χ0v) is 7.36. The molecule has 4 atom stereocenters. The van der Waals surface area contributed by atoms with Gasteiger partial charge in [0, 0.05) is 18.8 Å². The molecule has 3 aliphatic rings. The molecule has 0 amide bonds. The van der Waals surface area contributed by atoms with Gasteiger partial charge >= 0.3 is 5.97 Å². The van der Waals surface area contributed by atoms with Crippen molar-refractivity contribution in [2.24, 2.45) is 11.8 Å². The Morgan fingerprint density at radius 2 is 2.38 bits per heavy atom. The number of hydrogen-bond donors (Lipinski definition) is 0. The number of esters is 1. The number of hydrogen-bond acceptors (Lipinski definition) is 3. The minimum absolute atomic E-state index is 0.0120. The van der Waals surface area contributed by atoms with Gasteiger partial charge in [-0.25, -0.2) is 0 Å². The Kier molecular flexibility index (Phi) is 1.19. The van der Waals surface area contributed by atoms with E-state index in [1.807, 2.05) is 0 Å². The second-order valence-electron chi connectivity index (χ2n) is 4.33. The second kappa shape index (κ2) is 2.08. The molecule has 3 rings (SSSR count). The minimum atomic E-state index is -0.117. The normalized spacial score (nSPS) is 50.8. The van der Waals surface area contributed by atoms with Crippen molar-refractivity contribution in [2.45, 2.75) is 31.0 Å². The zero-order valence-electron chi connectivity index (χ0n) is 7.36. The van der Waals surface area contributed by atoms with Gasteiger partial charge < -0.3 is 9.47 Å². The predicted molar refractivity (Wildman–Crippen MR) is 44.7 cm³/mol. The molecule has 0 spiro atoms. The maximum absolute atomic E-state index is 11.3. The van der Waals surface area contributed by atoms with E-state index in [2.05, 4.69) is 6.58 Å². The van der Waals surface area contributed by atoms with E-state index < -0.39 is 0 Å². The van der Waals surface area contributed by atoms with Crippen molar-refractivity contribution in [3.63, 3.8) is 0 Å². The van der Waals surface area contributed by atoms with Crippen LogP contribution in [0.3, 0.4) is 0 Å². The van der Waals surface area contributed by atoms with E-state index >= 15 is 0 Å². The standard InChI is InChI=1S/C10H12O3/c1-2-12-10-3-6-7(4-10)9(11)13-8(6)5-10/h2,6-8H,1,3-5H2. The molecule has 1 saturated heterocycles. The highest BCUT2D eigenvalue weighted by atomic mass is 16.6. The van der Waals surface area contributed by atoms with Crippen LogP contribution in [0.5, 0.6) is 0 Å². The molecule has 2 bridgehead atoms. The van der Waals surface area contributed by atoms with Crippen LogP contribution in [0.1, 0.15) is 19.3 Å². The molecule has 0 aromatic heterocycles. The van der Waals surface area contributed by atoms with Crippen LogP contribution in [0.4, 0.5) is 0 Å². The highest BCUT2D eigenvalue weighted by Gasteiger charge is 2.64. The molecular formula is C10H12O3. The Bertz CT molecular complexity index is 282. The number of rotatable bonds is 2. The van der Waals surface area contributed by atoms with Crippen molar-refractivity contribution in [1.82, 2.24) is 0 Å². The Morgan fingerprint density at radius 3 is 3.00 bits per heavy atom. The first-order valence-electron chi connectivity index (χ1n) is 4.73. The van der Waals surface area contributed by atoms with Gasteiger partial charge in [-0.2, -0.15) is 0 Å². The quantitative estimate of drug-likeness (QED) is 0.473. The molecule has 4 unspecified atom stereocenters. The SMILES string of the molecule is C=COC12CC3OC(=O)C(C1)C3C2. The predicted octanol–water partition coefficient (Wildman–Crippen LogP) is 1.24. The Hall–Kier alpha value is -0.990. The van der Waals surface area contributed by atoms with Gasteiger partial charge in [-0.15, -0.1) is 0 Å². The van der Waals surface area contributed by atoms with E-state index in [0.717, 1.165) is 19.3 Å². The van der Waals surface area contributed by atoms with E-state index in [9.17, 15) is 4.79 Å². The highest BCUT2D eigenvalue weighted by molar-refractivity contribution is 5.76. The topological polar surface area (TPSA) is 35.5 Å². The lowest BCUT2D eigenvalue weighted by atomic mass is 9.88. The van der Waals surface area contributed by atoms with Crippen molar-refractivity contribution >= 4 is 5.97 Å². The van der Waals surface area contributed by atoms with Gasteiger partial charge in [0.1, 0.15) is 11.7 Å². The first-order chi connectivity index (χ1) is 6.24. The summed E-state index contributed by atoms with van der Waals surface area (Å²) in [6.45, 7) is 3.58. The Morgan fingerprint density at radius 1 is 1.54 bits per heavy atom. The van der Waals surface area contributed by atoms with Gasteiger partial charge in [0.25, 0.3) is 0 Å². The summed E-state index contributed by atoms with van der Waals surface area (Å²) in [6.07, 6.45) is 4.30. The summed E-state index contributed by atoms with van der Waals surface area (Å²) < 4.78 is 10.8. The molecule has 13 heavy (non-hydrogen) atoms. The zero-order chi connectivity index (χ0) is 9.05. The van der Waals surface area contributed by atoms with Crippen LogP contribution in [0.25, 0.3) is 0 Å². The fourth-order valence-corrected chi connectivity index (χ4v) is 3.23. The van der Waals surface area contributed by atoms with E-state index in [4.69, 9.17) is 9.47 Å². The maximum atomic E-state index is 11.3. The minimum Gasteiger partial charge on any atom is -0.495 e. The van der Waals surface area contributed by atoms with Crippen molar-refractivity contribution in [3.8, 4) is 0 Å². The van der Waals surface area contributed by atoms with E-state index in [1.54, 1.807) is 0 Å². The van der Waals surface area contributed by atoms with Crippen LogP contribution < -0.4 is 0 Å². The van der Waals surface area contributed by atoms with Crippen molar-refractivity contribution in [2.75, 3.05) is 0 Å². The summed E-state index contributed by atoms with van der Waals surface area (Å²) in [7, 11) is 0. The number of ether oxygens (including phenoxy) is 2. The molecule has 0 radical (unpaired) electrons. The van der Waals surface area contributed by atoms with Gasteiger partial charge in [0.05, 0.1) is 12.2 Å². The van der Waals surface area contributed by atoms with Crippen LogP contribution in [0.15, 0.2) is 12.8 Å². The number of carbonyl (C=O) groups excluding carboxylic acids is 1. The van der Waals surface area contributed by atoms with Crippen molar-refractivity contribution in [1.29, 1.82) is 0 Å². The number of carbonyl (C=O) groups is 1. The molecule has 3 heteroatoms. The van der Waals surface area contributed by atoms with Gasteiger partial charge in [-0.1, -0.05) is 6.58 Å². The second-order valence-corrected chi connectivity index (χ2v) is 4.33. The lowest BCUT2D eigenvalue weighted by Gasteiger charge is -2.26. The highest BCUT2D eigenvalue weighted by Crippen LogP contribution is 2.58. The summed E-state index contributed by atoms with van der Waals surface area (Å²) >= 11 is 0. The van der Waals surface area contributed by atoms with Gasteiger partial charge in [0.15, 0.2) is 0 Å². The summed E-state index contributed by atoms with van der Waals surface area (Å²) in [4.78, 5) is 11.3. The Labute approximate surface area is 76.7 Å². The van der Waals surface area contributed by atoms with Gasteiger partial charge in [-0.3, -0.25) is 4.79 Å².